The van der Waals surface area contributed by atoms with Gasteiger partial charge in [-0.1, -0.05) is 50.3 Å². The van der Waals surface area contributed by atoms with Crippen LogP contribution in [-0.2, 0) is 6.54 Å². The van der Waals surface area contributed by atoms with Crippen LogP contribution in [0, 0.1) is 0 Å². The van der Waals surface area contributed by atoms with Crippen molar-refractivity contribution in [2.45, 2.75) is 26.4 Å². The van der Waals surface area contributed by atoms with Crippen molar-refractivity contribution in [3.63, 3.8) is 0 Å². The summed E-state index contributed by atoms with van der Waals surface area (Å²) in [6, 6.07) is 14.6. The van der Waals surface area contributed by atoms with E-state index in [1.165, 1.54) is 11.1 Å². The van der Waals surface area contributed by atoms with Crippen molar-refractivity contribution in [3.8, 4) is 5.88 Å². The van der Waals surface area contributed by atoms with Gasteiger partial charge in [-0.3, -0.25) is 0 Å². The highest BCUT2D eigenvalue weighted by Gasteiger charge is 1.99. The Hall–Kier alpha value is -2.13. The molecule has 0 atom stereocenters. The molecule has 2 aromatic rings. The van der Waals surface area contributed by atoms with Crippen molar-refractivity contribution < 1.29 is 4.74 Å². The van der Waals surface area contributed by atoms with Gasteiger partial charge < -0.3 is 10.1 Å². The summed E-state index contributed by atoms with van der Waals surface area (Å²) in [6.45, 7) is 5.61. The summed E-state index contributed by atoms with van der Waals surface area (Å²) in [5, 5.41) is 3.38. The Morgan fingerprint density at radius 1 is 1.19 bits per heavy atom. The molecular weight excluding hydrogens is 260 g/mol. The van der Waals surface area contributed by atoms with E-state index >= 15 is 0 Å². The molecule has 3 nitrogen and oxygen atoms in total. The minimum absolute atomic E-state index is 0.469. The number of pyridine rings is 1. The molecule has 3 heteroatoms. The first-order valence-corrected chi connectivity index (χ1v) is 7.27. The average molecular weight is 282 g/mol. The number of ether oxygens (including phenoxy) is 1. The molecule has 0 saturated carbocycles. The SMILES string of the molecule is CC(C)NCc1ccnc(OCC=Cc2ccccc2)c1. The zero-order chi connectivity index (χ0) is 14.9. The van der Waals surface area contributed by atoms with Gasteiger partial charge in [0, 0.05) is 24.8 Å². The summed E-state index contributed by atoms with van der Waals surface area (Å²) < 4.78 is 5.65. The molecular formula is C18H22N2O. The molecule has 0 fully saturated rings. The Morgan fingerprint density at radius 2 is 2.00 bits per heavy atom. The normalized spacial score (nSPS) is 11.2. The van der Waals surface area contributed by atoms with Gasteiger partial charge in [0.1, 0.15) is 6.61 Å². The van der Waals surface area contributed by atoms with Gasteiger partial charge in [0.2, 0.25) is 5.88 Å². The van der Waals surface area contributed by atoms with E-state index in [2.05, 4.69) is 36.3 Å². The van der Waals surface area contributed by atoms with Crippen molar-refractivity contribution in [3.05, 3.63) is 65.9 Å². The van der Waals surface area contributed by atoms with Crippen LogP contribution >= 0.6 is 0 Å². The topological polar surface area (TPSA) is 34.2 Å². The summed E-state index contributed by atoms with van der Waals surface area (Å²) in [4.78, 5) is 4.23. The maximum absolute atomic E-state index is 5.65. The Morgan fingerprint density at radius 3 is 2.76 bits per heavy atom. The molecule has 0 bridgehead atoms. The van der Waals surface area contributed by atoms with Gasteiger partial charge in [0.15, 0.2) is 0 Å². The Bertz CT molecular complexity index is 564. The zero-order valence-electron chi connectivity index (χ0n) is 12.6. The second kappa shape index (κ2) is 8.22. The van der Waals surface area contributed by atoms with E-state index in [1.54, 1.807) is 6.20 Å². The summed E-state index contributed by atoms with van der Waals surface area (Å²) in [6.07, 6.45) is 5.83. The van der Waals surface area contributed by atoms with Gasteiger partial charge in [-0.2, -0.15) is 0 Å². The standard InChI is InChI=1S/C18H22N2O/c1-15(2)20-14-17-10-11-19-18(13-17)21-12-6-9-16-7-4-3-5-8-16/h3-11,13,15,20H,12,14H2,1-2H3. The molecule has 0 aliphatic heterocycles. The molecule has 0 spiro atoms. The molecule has 0 saturated heterocycles. The fraction of sp³-hybridized carbons (Fsp3) is 0.278. The van der Waals surface area contributed by atoms with Crippen LogP contribution < -0.4 is 10.1 Å². The highest BCUT2D eigenvalue weighted by Crippen LogP contribution is 2.10. The van der Waals surface area contributed by atoms with Gasteiger partial charge in [-0.05, 0) is 23.3 Å². The van der Waals surface area contributed by atoms with Crippen LogP contribution in [0.2, 0.25) is 0 Å². The van der Waals surface area contributed by atoms with Crippen molar-refractivity contribution in [1.82, 2.24) is 10.3 Å². The van der Waals surface area contributed by atoms with Crippen molar-refractivity contribution in [2.75, 3.05) is 6.61 Å². The zero-order valence-corrected chi connectivity index (χ0v) is 12.6. The van der Waals surface area contributed by atoms with Crippen molar-refractivity contribution >= 4 is 6.08 Å². The van der Waals surface area contributed by atoms with Gasteiger partial charge in [-0.15, -0.1) is 0 Å². The minimum Gasteiger partial charge on any atom is -0.473 e. The average Bonchev–Trinajstić information content (AvgIpc) is 2.51. The number of nitrogens with one attached hydrogen (secondary N) is 1. The third-order valence-corrected chi connectivity index (χ3v) is 2.95. The quantitative estimate of drug-likeness (QED) is 0.841. The predicted octanol–water partition coefficient (Wildman–Crippen LogP) is 3.67. The fourth-order valence-corrected chi connectivity index (χ4v) is 1.84. The van der Waals surface area contributed by atoms with Gasteiger partial charge in [-0.25, -0.2) is 4.98 Å². The molecule has 0 amide bonds. The van der Waals surface area contributed by atoms with E-state index in [9.17, 15) is 0 Å². The molecule has 1 aromatic heterocycles. The van der Waals surface area contributed by atoms with Crippen LogP contribution in [0.1, 0.15) is 25.0 Å². The Balaban J connectivity index is 1.83. The number of aromatic nitrogens is 1. The molecule has 21 heavy (non-hydrogen) atoms. The molecule has 1 heterocycles. The van der Waals surface area contributed by atoms with Crippen LogP contribution in [0.4, 0.5) is 0 Å². The van der Waals surface area contributed by atoms with E-state index in [4.69, 9.17) is 4.74 Å². The lowest BCUT2D eigenvalue weighted by Crippen LogP contribution is -2.21. The second-order valence-corrected chi connectivity index (χ2v) is 5.16. The summed E-state index contributed by atoms with van der Waals surface area (Å²) in [5.74, 6) is 0.663. The lowest BCUT2D eigenvalue weighted by Gasteiger charge is -2.09. The lowest BCUT2D eigenvalue weighted by molar-refractivity contribution is 0.348. The number of hydrogen-bond donors (Lipinski definition) is 1. The number of benzene rings is 1. The first-order chi connectivity index (χ1) is 10.2. The highest BCUT2D eigenvalue weighted by atomic mass is 16.5. The maximum atomic E-state index is 5.65. The third-order valence-electron chi connectivity index (χ3n) is 2.95. The van der Waals surface area contributed by atoms with E-state index in [-0.39, 0.29) is 0 Å². The largest absolute Gasteiger partial charge is 0.473 e. The van der Waals surface area contributed by atoms with Crippen LogP contribution in [0.5, 0.6) is 5.88 Å². The summed E-state index contributed by atoms with van der Waals surface area (Å²) >= 11 is 0. The first-order valence-electron chi connectivity index (χ1n) is 7.27. The monoisotopic (exact) mass is 282 g/mol. The molecule has 0 aliphatic rings. The second-order valence-electron chi connectivity index (χ2n) is 5.16. The molecule has 1 N–H and O–H groups in total. The van der Waals surface area contributed by atoms with Gasteiger partial charge in [0.25, 0.3) is 0 Å². The van der Waals surface area contributed by atoms with E-state index < -0.39 is 0 Å². The number of hydrogen-bond acceptors (Lipinski definition) is 3. The van der Waals surface area contributed by atoms with Crippen molar-refractivity contribution in [1.29, 1.82) is 0 Å². The molecule has 0 unspecified atom stereocenters. The number of nitrogens with zero attached hydrogens (tertiary/aromatic N) is 1. The Kier molecular flexibility index (Phi) is 5.98. The fourth-order valence-electron chi connectivity index (χ4n) is 1.84. The highest BCUT2D eigenvalue weighted by molar-refractivity contribution is 5.48. The van der Waals surface area contributed by atoms with Gasteiger partial charge >= 0.3 is 0 Å². The van der Waals surface area contributed by atoms with Crippen LogP contribution in [0.25, 0.3) is 6.08 Å². The minimum atomic E-state index is 0.469. The summed E-state index contributed by atoms with van der Waals surface area (Å²) in [7, 11) is 0. The predicted molar refractivity (Wildman–Crippen MR) is 87.2 cm³/mol. The van der Waals surface area contributed by atoms with E-state index in [0.29, 0.717) is 18.5 Å². The van der Waals surface area contributed by atoms with Crippen LogP contribution in [0.15, 0.2) is 54.7 Å². The smallest absolute Gasteiger partial charge is 0.213 e. The maximum Gasteiger partial charge on any atom is 0.213 e. The molecule has 2 rings (SSSR count). The molecule has 1 aromatic carbocycles. The molecule has 110 valence electrons. The Labute approximate surface area is 126 Å². The van der Waals surface area contributed by atoms with E-state index in [1.807, 2.05) is 42.5 Å². The number of rotatable bonds is 7. The first kappa shape index (κ1) is 15.3. The molecule has 0 aliphatic carbocycles. The van der Waals surface area contributed by atoms with Crippen LogP contribution in [0.3, 0.4) is 0 Å². The third kappa shape index (κ3) is 5.79. The van der Waals surface area contributed by atoms with Gasteiger partial charge in [0.05, 0.1) is 0 Å². The van der Waals surface area contributed by atoms with E-state index in [0.717, 1.165) is 6.54 Å². The lowest BCUT2D eigenvalue weighted by atomic mass is 10.2. The summed E-state index contributed by atoms with van der Waals surface area (Å²) in [5.41, 5.74) is 2.35. The van der Waals surface area contributed by atoms with Crippen molar-refractivity contribution in [2.24, 2.45) is 0 Å². The molecule has 0 radical (unpaired) electrons. The van der Waals surface area contributed by atoms with Crippen LogP contribution in [-0.4, -0.2) is 17.6 Å².